The van der Waals surface area contributed by atoms with Crippen LogP contribution in [-0.2, 0) is 18.9 Å². The normalized spacial score (nSPS) is 12.5. The molecule has 0 N–H and O–H groups in total. The number of ketones is 1. The van der Waals surface area contributed by atoms with E-state index in [-0.39, 0.29) is 0 Å². The molecule has 6 heteroatoms. The molecule has 0 aliphatic rings. The van der Waals surface area contributed by atoms with Gasteiger partial charge in [0.2, 0.25) is 5.78 Å². The lowest BCUT2D eigenvalue weighted by Crippen LogP contribution is -2.21. The van der Waals surface area contributed by atoms with Crippen molar-refractivity contribution in [1.29, 1.82) is 0 Å². The van der Waals surface area contributed by atoms with Crippen LogP contribution in [-0.4, -0.2) is 17.6 Å². The van der Waals surface area contributed by atoms with Gasteiger partial charge in [-0.1, -0.05) is 18.2 Å². The first kappa shape index (κ1) is 13.3. The molecule has 0 amide bonds. The fraction of sp³-hybridized carbons (Fsp3) is 0.273. The summed E-state index contributed by atoms with van der Waals surface area (Å²) in [6.45, 7) is 2.33. The van der Waals surface area contributed by atoms with Crippen LogP contribution in [0.15, 0.2) is 30.3 Å². The van der Waals surface area contributed by atoms with Crippen LogP contribution in [0.3, 0.4) is 0 Å². The second kappa shape index (κ2) is 6.11. The Morgan fingerprint density at radius 1 is 1.18 bits per heavy atom. The summed E-state index contributed by atoms with van der Waals surface area (Å²) in [6.07, 6.45) is 0. The van der Waals surface area contributed by atoms with E-state index in [1.807, 2.05) is 0 Å². The highest BCUT2D eigenvalue weighted by Crippen LogP contribution is 2.33. The Labute approximate surface area is 99.6 Å². The van der Waals surface area contributed by atoms with Crippen LogP contribution >= 0.6 is 8.03 Å². The predicted molar refractivity (Wildman–Crippen MR) is 60.9 cm³/mol. The maximum Gasteiger partial charge on any atom is 0.610 e. The number of Topliss-reactive ketones (excluding diaryl/α,β-unsaturated/α-hetero) is 1. The average Bonchev–Trinajstić information content (AvgIpc) is 2.26. The van der Waals surface area contributed by atoms with Gasteiger partial charge in [-0.2, -0.15) is 0 Å². The minimum atomic E-state index is -2.43. The number of benzene rings is 1. The number of ether oxygens (including phenoxy) is 1. The molecule has 2 atom stereocenters. The predicted octanol–water partition coefficient (Wildman–Crippen LogP) is 2.29. The molecule has 1 rings (SSSR count). The second-order valence-corrected chi connectivity index (χ2v) is 4.48. The van der Waals surface area contributed by atoms with Crippen molar-refractivity contribution >= 4 is 19.8 Å². The highest BCUT2D eigenvalue weighted by molar-refractivity contribution is 7.41. The second-order valence-electron chi connectivity index (χ2n) is 3.26. The lowest BCUT2D eigenvalue weighted by atomic mass is 10.3. The number of hydrogen-bond donors (Lipinski definition) is 0. The molecular formula is C11H12O5P+. The van der Waals surface area contributed by atoms with Gasteiger partial charge in [-0.25, -0.2) is 0 Å². The molecule has 0 radical (unpaired) electrons. The Hall–Kier alpha value is -1.74. The van der Waals surface area contributed by atoms with E-state index in [1.165, 1.54) is 6.92 Å². The molecule has 0 aliphatic heterocycles. The lowest BCUT2D eigenvalue weighted by Gasteiger charge is -2.02. The molecule has 5 nitrogen and oxygen atoms in total. The molecule has 0 saturated heterocycles. The third-order valence-electron chi connectivity index (χ3n) is 1.76. The molecule has 1 aromatic rings. The average molecular weight is 255 g/mol. The van der Waals surface area contributed by atoms with Gasteiger partial charge in [0.05, 0.1) is 0 Å². The summed E-state index contributed by atoms with van der Waals surface area (Å²) in [5.74, 6) is -2.20. The molecular weight excluding hydrogens is 243 g/mol. The van der Waals surface area contributed by atoms with E-state index in [1.54, 1.807) is 30.3 Å². The van der Waals surface area contributed by atoms with Gasteiger partial charge in [0.1, 0.15) is 0 Å². The van der Waals surface area contributed by atoms with Gasteiger partial charge in [0.15, 0.2) is 5.75 Å². The molecule has 0 spiro atoms. The van der Waals surface area contributed by atoms with Gasteiger partial charge in [0, 0.05) is 13.8 Å². The molecule has 0 aliphatic carbocycles. The summed E-state index contributed by atoms with van der Waals surface area (Å²) < 4.78 is 21.4. The van der Waals surface area contributed by atoms with E-state index in [2.05, 4.69) is 4.74 Å². The summed E-state index contributed by atoms with van der Waals surface area (Å²) in [4.78, 5) is 21.9. The lowest BCUT2D eigenvalue weighted by molar-refractivity contribution is -0.147. The zero-order valence-corrected chi connectivity index (χ0v) is 10.3. The first-order valence-electron chi connectivity index (χ1n) is 4.87. The van der Waals surface area contributed by atoms with Crippen LogP contribution < -0.4 is 4.52 Å². The van der Waals surface area contributed by atoms with Gasteiger partial charge in [0.25, 0.3) is 0 Å². The fourth-order valence-corrected chi connectivity index (χ4v) is 2.02. The zero-order chi connectivity index (χ0) is 12.8. The van der Waals surface area contributed by atoms with Gasteiger partial charge >= 0.3 is 19.8 Å². The maximum absolute atomic E-state index is 11.7. The highest BCUT2D eigenvalue weighted by Gasteiger charge is 2.41. The SMILES string of the molecule is CC(=O)OC(C(C)=O)[P+](=O)Oc1ccccc1. The first-order chi connectivity index (χ1) is 8.00. The summed E-state index contributed by atoms with van der Waals surface area (Å²) in [6, 6.07) is 8.37. The number of carbonyl (C=O) groups excluding carboxylic acids is 2. The smallest absolute Gasteiger partial charge is 0.407 e. The van der Waals surface area contributed by atoms with Crippen molar-refractivity contribution in [3.8, 4) is 5.75 Å². The number of rotatable bonds is 5. The largest absolute Gasteiger partial charge is 0.610 e. The Kier molecular flexibility index (Phi) is 4.79. The van der Waals surface area contributed by atoms with E-state index in [9.17, 15) is 14.2 Å². The van der Waals surface area contributed by atoms with Gasteiger partial charge in [-0.15, -0.1) is 0 Å². The van der Waals surface area contributed by atoms with E-state index < -0.39 is 25.6 Å². The van der Waals surface area contributed by atoms with Crippen molar-refractivity contribution in [2.75, 3.05) is 0 Å². The Morgan fingerprint density at radius 3 is 2.24 bits per heavy atom. The van der Waals surface area contributed by atoms with Gasteiger partial charge < -0.3 is 4.74 Å². The third-order valence-corrected chi connectivity index (χ3v) is 3.00. The van der Waals surface area contributed by atoms with E-state index in [0.29, 0.717) is 5.75 Å². The number of para-hydroxylation sites is 1. The molecule has 2 unspecified atom stereocenters. The van der Waals surface area contributed by atoms with Crippen LogP contribution in [0.5, 0.6) is 5.75 Å². The van der Waals surface area contributed by atoms with Crippen LogP contribution in [0.25, 0.3) is 0 Å². The molecule has 0 saturated carbocycles. The monoisotopic (exact) mass is 255 g/mol. The van der Waals surface area contributed by atoms with Crippen LogP contribution in [0, 0.1) is 0 Å². The van der Waals surface area contributed by atoms with Gasteiger partial charge in [-0.05, 0) is 16.7 Å². The van der Waals surface area contributed by atoms with E-state index in [4.69, 9.17) is 4.52 Å². The minimum Gasteiger partial charge on any atom is -0.407 e. The Bertz CT molecular complexity index is 429. The summed E-state index contributed by atoms with van der Waals surface area (Å²) in [5.41, 5.74) is 0. The molecule has 90 valence electrons. The zero-order valence-electron chi connectivity index (χ0n) is 9.45. The standard InChI is InChI=1S/C11H12O5P/c1-8(12)11(15-9(2)13)17(14)16-10-6-4-3-5-7-10/h3-7,11H,1-2H3/q+1. The van der Waals surface area contributed by atoms with Crippen molar-refractivity contribution in [3.05, 3.63) is 30.3 Å². The fourth-order valence-electron chi connectivity index (χ4n) is 1.06. The molecule has 0 heterocycles. The summed E-state index contributed by atoms with van der Waals surface area (Å²) >= 11 is 0. The minimum absolute atomic E-state index is 0.354. The van der Waals surface area contributed by atoms with E-state index in [0.717, 1.165) is 6.92 Å². The molecule has 0 fully saturated rings. The van der Waals surface area contributed by atoms with Crippen LogP contribution in [0.2, 0.25) is 0 Å². The van der Waals surface area contributed by atoms with Crippen molar-refractivity contribution in [2.45, 2.75) is 19.7 Å². The van der Waals surface area contributed by atoms with Crippen molar-refractivity contribution in [2.24, 2.45) is 0 Å². The van der Waals surface area contributed by atoms with Crippen molar-refractivity contribution < 1.29 is 23.4 Å². The molecule has 0 bridgehead atoms. The number of esters is 1. The van der Waals surface area contributed by atoms with Crippen LogP contribution in [0.4, 0.5) is 0 Å². The molecule has 1 aromatic carbocycles. The first-order valence-corrected chi connectivity index (χ1v) is 6.12. The number of hydrogen-bond acceptors (Lipinski definition) is 5. The molecule has 17 heavy (non-hydrogen) atoms. The topological polar surface area (TPSA) is 69.7 Å². The third kappa shape index (κ3) is 4.33. The van der Waals surface area contributed by atoms with Gasteiger partial charge in [-0.3, -0.25) is 14.1 Å². The quantitative estimate of drug-likeness (QED) is 0.596. The summed E-state index contributed by atoms with van der Waals surface area (Å²) in [5, 5.41) is 0. The van der Waals surface area contributed by atoms with Crippen LogP contribution in [0.1, 0.15) is 13.8 Å². The Morgan fingerprint density at radius 2 is 1.76 bits per heavy atom. The number of carbonyl (C=O) groups is 2. The van der Waals surface area contributed by atoms with E-state index >= 15 is 0 Å². The molecule has 0 aromatic heterocycles. The summed E-state index contributed by atoms with van der Waals surface area (Å²) in [7, 11) is -2.43. The highest BCUT2D eigenvalue weighted by atomic mass is 31.1. The maximum atomic E-state index is 11.7. The Balaban J connectivity index is 2.72. The van der Waals surface area contributed by atoms with Crippen molar-refractivity contribution in [1.82, 2.24) is 0 Å². The van der Waals surface area contributed by atoms with Crippen molar-refractivity contribution in [3.63, 3.8) is 0 Å².